The standard InChI is InChI=1S/C17H24N2O6S/c1-3-25-17(22)13-4-6-15(7-5-13)26(23,24)19-10-8-14(9-11-19)18(2)12-16(20)21/h4-7,14H,3,8-12H2,1-2H3,(H,20,21). The van der Waals surface area contributed by atoms with Crippen LogP contribution < -0.4 is 0 Å². The Balaban J connectivity index is 2.02. The number of aliphatic carboxylic acids is 1. The number of benzene rings is 1. The number of hydrogen-bond acceptors (Lipinski definition) is 6. The topological polar surface area (TPSA) is 104 Å². The van der Waals surface area contributed by atoms with Crippen molar-refractivity contribution >= 4 is 22.0 Å². The van der Waals surface area contributed by atoms with Gasteiger partial charge in [0.05, 0.1) is 23.6 Å². The average molecular weight is 384 g/mol. The second-order valence-electron chi connectivity index (χ2n) is 6.19. The van der Waals surface area contributed by atoms with Crippen LogP contribution in [0, 0.1) is 0 Å². The molecule has 0 bridgehead atoms. The molecule has 0 aromatic heterocycles. The van der Waals surface area contributed by atoms with Gasteiger partial charge in [0.15, 0.2) is 0 Å². The highest BCUT2D eigenvalue weighted by molar-refractivity contribution is 7.89. The maximum atomic E-state index is 12.8. The number of ether oxygens (including phenoxy) is 1. The van der Waals surface area contributed by atoms with Crippen molar-refractivity contribution in [2.45, 2.75) is 30.7 Å². The summed E-state index contributed by atoms with van der Waals surface area (Å²) in [6, 6.07) is 5.74. The molecule has 144 valence electrons. The summed E-state index contributed by atoms with van der Waals surface area (Å²) in [4.78, 5) is 24.3. The van der Waals surface area contributed by atoms with Crippen LogP contribution in [0.15, 0.2) is 29.2 Å². The molecule has 0 atom stereocenters. The van der Waals surface area contributed by atoms with E-state index in [4.69, 9.17) is 9.84 Å². The first-order valence-corrected chi connectivity index (χ1v) is 9.89. The molecule has 8 nitrogen and oxygen atoms in total. The molecule has 0 radical (unpaired) electrons. The lowest BCUT2D eigenvalue weighted by molar-refractivity contribution is -0.138. The minimum atomic E-state index is -3.64. The van der Waals surface area contributed by atoms with Crippen LogP contribution in [0.1, 0.15) is 30.1 Å². The van der Waals surface area contributed by atoms with Crippen molar-refractivity contribution in [3.05, 3.63) is 29.8 Å². The van der Waals surface area contributed by atoms with Crippen LogP contribution in [-0.4, -0.2) is 74.0 Å². The highest BCUT2D eigenvalue weighted by Gasteiger charge is 2.31. The quantitative estimate of drug-likeness (QED) is 0.700. The van der Waals surface area contributed by atoms with E-state index in [1.807, 2.05) is 0 Å². The number of carboxylic acid groups (broad SMARTS) is 1. The van der Waals surface area contributed by atoms with Gasteiger partial charge in [-0.15, -0.1) is 0 Å². The fourth-order valence-electron chi connectivity index (χ4n) is 2.99. The third-order valence-electron chi connectivity index (χ3n) is 4.43. The molecular formula is C17H24N2O6S. The molecule has 1 aromatic rings. The molecule has 0 unspecified atom stereocenters. The monoisotopic (exact) mass is 384 g/mol. The smallest absolute Gasteiger partial charge is 0.338 e. The van der Waals surface area contributed by atoms with Crippen molar-refractivity contribution < 1.29 is 27.9 Å². The first kappa shape index (κ1) is 20.3. The normalized spacial score (nSPS) is 16.6. The lowest BCUT2D eigenvalue weighted by Crippen LogP contribution is -2.46. The molecule has 0 spiro atoms. The zero-order chi connectivity index (χ0) is 19.3. The van der Waals surface area contributed by atoms with E-state index in [1.165, 1.54) is 28.6 Å². The molecule has 2 rings (SSSR count). The van der Waals surface area contributed by atoms with E-state index < -0.39 is 22.0 Å². The largest absolute Gasteiger partial charge is 0.480 e. The first-order valence-electron chi connectivity index (χ1n) is 8.45. The molecule has 1 heterocycles. The Labute approximate surface area is 153 Å². The van der Waals surface area contributed by atoms with E-state index in [1.54, 1.807) is 18.9 Å². The van der Waals surface area contributed by atoms with Crippen LogP contribution in [-0.2, 0) is 19.6 Å². The number of carbonyl (C=O) groups excluding carboxylic acids is 1. The van der Waals surface area contributed by atoms with E-state index in [0.29, 0.717) is 31.5 Å². The van der Waals surface area contributed by atoms with Gasteiger partial charge in [0.25, 0.3) is 0 Å². The molecule has 1 aromatic carbocycles. The second kappa shape index (κ2) is 8.61. The third kappa shape index (κ3) is 4.80. The Morgan fingerprint density at radius 1 is 1.23 bits per heavy atom. The van der Waals surface area contributed by atoms with Gasteiger partial charge in [0.2, 0.25) is 10.0 Å². The summed E-state index contributed by atoms with van der Waals surface area (Å²) in [6.45, 7) is 2.55. The van der Waals surface area contributed by atoms with Gasteiger partial charge in [-0.05, 0) is 51.1 Å². The number of hydrogen-bond donors (Lipinski definition) is 1. The summed E-state index contributed by atoms with van der Waals surface area (Å²) in [6.07, 6.45) is 1.15. The van der Waals surface area contributed by atoms with Crippen molar-refractivity contribution in [2.24, 2.45) is 0 Å². The molecule has 1 saturated heterocycles. The minimum Gasteiger partial charge on any atom is -0.480 e. The van der Waals surface area contributed by atoms with Crippen molar-refractivity contribution in [1.82, 2.24) is 9.21 Å². The predicted octanol–water partition coefficient (Wildman–Crippen LogP) is 1.03. The number of sulfonamides is 1. The maximum Gasteiger partial charge on any atom is 0.338 e. The number of likely N-dealkylation sites (N-methyl/N-ethyl adjacent to an activating group) is 1. The molecule has 0 saturated carbocycles. The Morgan fingerprint density at radius 2 is 1.81 bits per heavy atom. The summed E-state index contributed by atoms with van der Waals surface area (Å²) >= 11 is 0. The van der Waals surface area contributed by atoms with E-state index in [9.17, 15) is 18.0 Å². The Kier molecular flexibility index (Phi) is 6.74. The number of carboxylic acids is 1. The summed E-state index contributed by atoms with van der Waals surface area (Å²) in [7, 11) is -1.91. The predicted molar refractivity (Wildman–Crippen MR) is 94.4 cm³/mol. The molecular weight excluding hydrogens is 360 g/mol. The van der Waals surface area contributed by atoms with Crippen LogP contribution in [0.4, 0.5) is 0 Å². The summed E-state index contributed by atoms with van der Waals surface area (Å²) in [5, 5.41) is 8.86. The Bertz CT molecular complexity index is 739. The number of nitrogens with zero attached hydrogens (tertiary/aromatic N) is 2. The van der Waals surface area contributed by atoms with Crippen molar-refractivity contribution in [2.75, 3.05) is 33.3 Å². The number of piperidine rings is 1. The summed E-state index contributed by atoms with van der Waals surface area (Å²) < 4.78 is 31.8. The molecule has 26 heavy (non-hydrogen) atoms. The average Bonchev–Trinajstić information content (AvgIpc) is 2.61. The summed E-state index contributed by atoms with van der Waals surface area (Å²) in [5.74, 6) is -1.39. The highest BCUT2D eigenvalue weighted by atomic mass is 32.2. The lowest BCUT2D eigenvalue weighted by Gasteiger charge is -2.35. The van der Waals surface area contributed by atoms with E-state index in [0.717, 1.165) is 0 Å². The second-order valence-corrected chi connectivity index (χ2v) is 8.13. The van der Waals surface area contributed by atoms with Gasteiger partial charge in [-0.3, -0.25) is 9.69 Å². The van der Waals surface area contributed by atoms with Crippen molar-refractivity contribution in [1.29, 1.82) is 0 Å². The van der Waals surface area contributed by atoms with Crippen LogP contribution >= 0.6 is 0 Å². The summed E-state index contributed by atoms with van der Waals surface area (Å²) in [5.41, 5.74) is 0.305. The van der Waals surface area contributed by atoms with Crippen LogP contribution in [0.3, 0.4) is 0 Å². The fourth-order valence-corrected chi connectivity index (χ4v) is 4.46. The molecule has 1 aliphatic heterocycles. The number of esters is 1. The van der Waals surface area contributed by atoms with Gasteiger partial charge in [0, 0.05) is 19.1 Å². The van der Waals surface area contributed by atoms with Crippen LogP contribution in [0.2, 0.25) is 0 Å². The lowest BCUT2D eigenvalue weighted by atomic mass is 10.1. The molecule has 0 amide bonds. The fraction of sp³-hybridized carbons (Fsp3) is 0.529. The first-order chi connectivity index (χ1) is 12.3. The Hall–Kier alpha value is -1.97. The third-order valence-corrected chi connectivity index (χ3v) is 6.35. The van der Waals surface area contributed by atoms with E-state index in [2.05, 4.69) is 0 Å². The zero-order valence-electron chi connectivity index (χ0n) is 14.9. The Morgan fingerprint density at radius 3 is 2.31 bits per heavy atom. The molecule has 9 heteroatoms. The van der Waals surface area contributed by atoms with E-state index >= 15 is 0 Å². The van der Waals surface area contributed by atoms with Gasteiger partial charge in [-0.1, -0.05) is 0 Å². The highest BCUT2D eigenvalue weighted by Crippen LogP contribution is 2.23. The SMILES string of the molecule is CCOC(=O)c1ccc(S(=O)(=O)N2CCC(N(C)CC(=O)O)CC2)cc1. The number of rotatable bonds is 7. The maximum absolute atomic E-state index is 12.8. The molecule has 1 aliphatic rings. The van der Waals surface area contributed by atoms with Gasteiger partial charge >= 0.3 is 11.9 Å². The van der Waals surface area contributed by atoms with Crippen molar-refractivity contribution in [3.8, 4) is 0 Å². The minimum absolute atomic E-state index is 0.0451. The van der Waals surface area contributed by atoms with E-state index in [-0.39, 0.29) is 24.1 Å². The van der Waals surface area contributed by atoms with Crippen LogP contribution in [0.25, 0.3) is 0 Å². The van der Waals surface area contributed by atoms with Crippen LogP contribution in [0.5, 0.6) is 0 Å². The zero-order valence-corrected chi connectivity index (χ0v) is 15.7. The van der Waals surface area contributed by atoms with Gasteiger partial charge in [0.1, 0.15) is 0 Å². The van der Waals surface area contributed by atoms with Crippen molar-refractivity contribution in [3.63, 3.8) is 0 Å². The molecule has 1 fully saturated rings. The molecule has 1 N–H and O–H groups in total. The van der Waals surface area contributed by atoms with Gasteiger partial charge < -0.3 is 9.84 Å². The van der Waals surface area contributed by atoms with Gasteiger partial charge in [-0.2, -0.15) is 4.31 Å². The molecule has 0 aliphatic carbocycles. The van der Waals surface area contributed by atoms with Gasteiger partial charge in [-0.25, -0.2) is 13.2 Å². The number of carbonyl (C=O) groups is 2.